The largest absolute Gasteiger partial charge is 0.340 e. The van der Waals surface area contributed by atoms with Crippen LogP contribution in [-0.2, 0) is 17.6 Å². The molecule has 25 heavy (non-hydrogen) atoms. The van der Waals surface area contributed by atoms with Gasteiger partial charge in [0.15, 0.2) is 5.82 Å². The molecular formula is C18H23FN4O2. The Bertz CT molecular complexity index is 725. The lowest BCUT2D eigenvalue weighted by atomic mass is 10.1. The first-order valence-corrected chi connectivity index (χ1v) is 8.66. The Balaban J connectivity index is 1.54. The summed E-state index contributed by atoms with van der Waals surface area (Å²) < 4.78 is 19.0. The molecule has 0 radical (unpaired) electrons. The van der Waals surface area contributed by atoms with E-state index in [9.17, 15) is 9.18 Å². The van der Waals surface area contributed by atoms with Gasteiger partial charge in [0.2, 0.25) is 11.8 Å². The Hall–Kier alpha value is -2.28. The fourth-order valence-electron chi connectivity index (χ4n) is 3.01. The Morgan fingerprint density at radius 1 is 1.28 bits per heavy atom. The summed E-state index contributed by atoms with van der Waals surface area (Å²) in [6, 6.07) is 6.45. The molecule has 1 aliphatic rings. The minimum absolute atomic E-state index is 0.0246. The first kappa shape index (κ1) is 17.5. The van der Waals surface area contributed by atoms with Gasteiger partial charge in [-0.2, -0.15) is 4.98 Å². The van der Waals surface area contributed by atoms with Crippen molar-refractivity contribution in [3.05, 3.63) is 47.4 Å². The predicted octanol–water partition coefficient (Wildman–Crippen LogP) is 2.22. The van der Waals surface area contributed by atoms with Gasteiger partial charge in [0.1, 0.15) is 5.82 Å². The predicted molar refractivity (Wildman–Crippen MR) is 90.3 cm³/mol. The summed E-state index contributed by atoms with van der Waals surface area (Å²) in [5, 5.41) is 3.94. The molecule has 3 rings (SSSR count). The zero-order valence-electron chi connectivity index (χ0n) is 14.6. The summed E-state index contributed by atoms with van der Waals surface area (Å²) >= 11 is 0. The smallest absolute Gasteiger partial charge is 0.243 e. The molecule has 6 nitrogen and oxygen atoms in total. The van der Waals surface area contributed by atoms with Crippen LogP contribution in [0.25, 0.3) is 0 Å². The molecule has 2 heterocycles. The number of carbonyl (C=O) groups excluding carboxylic acids is 1. The van der Waals surface area contributed by atoms with Crippen molar-refractivity contribution in [1.82, 2.24) is 19.9 Å². The molecule has 0 saturated carbocycles. The second-order valence-corrected chi connectivity index (χ2v) is 6.26. The molecule has 1 atom stereocenters. The number of amides is 1. The Morgan fingerprint density at radius 2 is 2.00 bits per heavy atom. The van der Waals surface area contributed by atoms with Crippen LogP contribution in [0.5, 0.6) is 0 Å². The van der Waals surface area contributed by atoms with Crippen LogP contribution in [0.4, 0.5) is 4.39 Å². The number of nitrogens with zero attached hydrogens (tertiary/aromatic N) is 4. The van der Waals surface area contributed by atoms with Crippen LogP contribution < -0.4 is 0 Å². The first-order chi connectivity index (χ1) is 12.1. The number of aromatic nitrogens is 2. The standard InChI is InChI=1S/C18H23FN4O2/c1-3-16-20-18(25-21-16)13(2)22-8-10-23(11-9-22)17(24)12-14-6-4-5-7-15(14)19/h4-7,13H,3,8-12H2,1-2H3/t13-/m1/s1. The van der Waals surface area contributed by atoms with E-state index in [-0.39, 0.29) is 24.2 Å². The summed E-state index contributed by atoms with van der Waals surface area (Å²) in [7, 11) is 0. The molecule has 1 amide bonds. The molecule has 1 fully saturated rings. The van der Waals surface area contributed by atoms with E-state index in [1.807, 2.05) is 13.8 Å². The van der Waals surface area contributed by atoms with Crippen molar-refractivity contribution in [3.8, 4) is 0 Å². The maximum absolute atomic E-state index is 13.7. The highest BCUT2D eigenvalue weighted by Crippen LogP contribution is 2.20. The van der Waals surface area contributed by atoms with Crippen LogP contribution >= 0.6 is 0 Å². The van der Waals surface area contributed by atoms with Gasteiger partial charge in [-0.15, -0.1) is 0 Å². The van der Waals surface area contributed by atoms with Gasteiger partial charge >= 0.3 is 0 Å². The molecule has 0 spiro atoms. The summed E-state index contributed by atoms with van der Waals surface area (Å²) in [5.41, 5.74) is 0.446. The van der Waals surface area contributed by atoms with Gasteiger partial charge in [-0.05, 0) is 18.6 Å². The van der Waals surface area contributed by atoms with Crippen LogP contribution in [0, 0.1) is 5.82 Å². The number of carbonyl (C=O) groups is 1. The molecule has 7 heteroatoms. The van der Waals surface area contributed by atoms with E-state index in [1.165, 1.54) is 6.07 Å². The molecule has 0 N–H and O–H groups in total. The Kier molecular flexibility index (Phi) is 5.43. The minimum atomic E-state index is -0.328. The summed E-state index contributed by atoms with van der Waals surface area (Å²) in [4.78, 5) is 20.8. The lowest BCUT2D eigenvalue weighted by molar-refractivity contribution is -0.132. The van der Waals surface area contributed by atoms with E-state index >= 15 is 0 Å². The quantitative estimate of drug-likeness (QED) is 0.831. The molecule has 1 saturated heterocycles. The number of halogens is 1. The summed E-state index contributed by atoms with van der Waals surface area (Å²) in [6.45, 7) is 6.71. The number of rotatable bonds is 5. The van der Waals surface area contributed by atoms with Crippen molar-refractivity contribution in [1.29, 1.82) is 0 Å². The topological polar surface area (TPSA) is 62.5 Å². The fraction of sp³-hybridized carbons (Fsp3) is 0.500. The van der Waals surface area contributed by atoms with Crippen LogP contribution in [0.15, 0.2) is 28.8 Å². The van der Waals surface area contributed by atoms with Crippen molar-refractivity contribution >= 4 is 5.91 Å². The maximum atomic E-state index is 13.7. The van der Waals surface area contributed by atoms with Crippen LogP contribution in [0.1, 0.15) is 37.2 Å². The Morgan fingerprint density at radius 3 is 2.64 bits per heavy atom. The van der Waals surface area contributed by atoms with Crippen molar-refractivity contribution in [3.63, 3.8) is 0 Å². The van der Waals surface area contributed by atoms with Crippen molar-refractivity contribution < 1.29 is 13.7 Å². The fourth-order valence-corrected chi connectivity index (χ4v) is 3.01. The van der Waals surface area contributed by atoms with Crippen molar-refractivity contribution in [2.75, 3.05) is 26.2 Å². The van der Waals surface area contributed by atoms with Crippen LogP contribution in [0.2, 0.25) is 0 Å². The van der Waals surface area contributed by atoms with E-state index in [0.29, 0.717) is 30.4 Å². The highest BCUT2D eigenvalue weighted by Gasteiger charge is 2.27. The molecule has 2 aromatic rings. The molecule has 134 valence electrons. The van der Waals surface area contributed by atoms with E-state index in [1.54, 1.807) is 23.1 Å². The van der Waals surface area contributed by atoms with Gasteiger partial charge in [0, 0.05) is 32.6 Å². The third-order valence-electron chi connectivity index (χ3n) is 4.67. The third-order valence-corrected chi connectivity index (χ3v) is 4.67. The summed E-state index contributed by atoms with van der Waals surface area (Å²) in [6.07, 6.45) is 0.848. The number of hydrogen-bond acceptors (Lipinski definition) is 5. The third kappa shape index (κ3) is 4.04. The van der Waals surface area contributed by atoms with E-state index < -0.39 is 0 Å². The van der Waals surface area contributed by atoms with Gasteiger partial charge < -0.3 is 9.42 Å². The molecule has 1 aromatic carbocycles. The van der Waals surface area contributed by atoms with Gasteiger partial charge in [-0.25, -0.2) is 4.39 Å². The zero-order valence-corrected chi connectivity index (χ0v) is 14.6. The molecule has 0 bridgehead atoms. The highest BCUT2D eigenvalue weighted by atomic mass is 19.1. The van der Waals surface area contributed by atoms with Gasteiger partial charge in [0.05, 0.1) is 12.5 Å². The lowest BCUT2D eigenvalue weighted by Gasteiger charge is -2.36. The van der Waals surface area contributed by atoms with Crippen molar-refractivity contribution in [2.45, 2.75) is 32.7 Å². The SMILES string of the molecule is CCc1noc([C@@H](C)N2CCN(C(=O)Cc3ccccc3F)CC2)n1. The zero-order chi connectivity index (χ0) is 17.8. The van der Waals surface area contributed by atoms with Crippen molar-refractivity contribution in [2.24, 2.45) is 0 Å². The first-order valence-electron chi connectivity index (χ1n) is 8.66. The summed E-state index contributed by atoms with van der Waals surface area (Å²) in [5.74, 6) is 0.957. The normalized spacial score (nSPS) is 16.8. The number of hydrogen-bond donors (Lipinski definition) is 0. The van der Waals surface area contributed by atoms with Crippen LogP contribution in [-0.4, -0.2) is 52.0 Å². The number of aryl methyl sites for hydroxylation is 1. The minimum Gasteiger partial charge on any atom is -0.340 e. The van der Waals surface area contributed by atoms with Crippen LogP contribution in [0.3, 0.4) is 0 Å². The second-order valence-electron chi connectivity index (χ2n) is 6.26. The molecule has 1 aromatic heterocycles. The number of piperazine rings is 1. The molecular weight excluding hydrogens is 323 g/mol. The average molecular weight is 346 g/mol. The molecule has 0 aliphatic carbocycles. The van der Waals surface area contributed by atoms with Gasteiger partial charge in [0.25, 0.3) is 0 Å². The van der Waals surface area contributed by atoms with E-state index in [2.05, 4.69) is 15.0 Å². The maximum Gasteiger partial charge on any atom is 0.243 e. The Labute approximate surface area is 146 Å². The highest BCUT2D eigenvalue weighted by molar-refractivity contribution is 5.79. The average Bonchev–Trinajstić information content (AvgIpc) is 3.12. The molecule has 1 aliphatic heterocycles. The van der Waals surface area contributed by atoms with E-state index in [0.717, 1.165) is 19.5 Å². The monoisotopic (exact) mass is 346 g/mol. The van der Waals surface area contributed by atoms with E-state index in [4.69, 9.17) is 4.52 Å². The number of benzene rings is 1. The molecule has 0 unspecified atom stereocenters. The van der Waals surface area contributed by atoms with Gasteiger partial charge in [-0.1, -0.05) is 30.3 Å². The van der Waals surface area contributed by atoms with Gasteiger partial charge in [-0.3, -0.25) is 9.69 Å². The lowest BCUT2D eigenvalue weighted by Crippen LogP contribution is -2.49. The second kappa shape index (κ2) is 7.74.